The zero-order chi connectivity index (χ0) is 11.1. The Kier molecular flexibility index (Phi) is 5.04. The number of nitrogens with two attached hydrogens (primary N) is 1. The summed E-state index contributed by atoms with van der Waals surface area (Å²) in [5.74, 6) is 0.755. The summed E-state index contributed by atoms with van der Waals surface area (Å²) in [4.78, 5) is 10.9. The Bertz CT molecular complexity index is 328. The molecule has 3 N–H and O–H groups in total. The van der Waals surface area contributed by atoms with Crippen molar-refractivity contribution in [1.82, 2.24) is 0 Å². The number of nitrogens with one attached hydrogen (secondary N) is 1. The molecule has 0 bridgehead atoms. The lowest BCUT2D eigenvalue weighted by atomic mass is 10.2. The van der Waals surface area contributed by atoms with Crippen molar-refractivity contribution in [3.8, 4) is 0 Å². The average molecular weight is 224 g/mol. The molecule has 0 aromatic heterocycles. The first-order valence-electron chi connectivity index (χ1n) is 4.86. The molecule has 0 radical (unpaired) electrons. The predicted molar refractivity (Wildman–Crippen MR) is 66.4 cm³/mol. The Morgan fingerprint density at radius 2 is 2.33 bits per heavy atom. The van der Waals surface area contributed by atoms with Crippen LogP contribution in [-0.2, 0) is 0 Å². The van der Waals surface area contributed by atoms with E-state index in [2.05, 4.69) is 11.6 Å². The maximum atomic E-state index is 10.9. The number of primary amides is 1. The van der Waals surface area contributed by atoms with E-state index >= 15 is 0 Å². The van der Waals surface area contributed by atoms with Crippen LogP contribution in [0.5, 0.6) is 0 Å². The van der Waals surface area contributed by atoms with E-state index in [1.165, 1.54) is 0 Å². The summed E-state index contributed by atoms with van der Waals surface area (Å²) in [5, 5.41) is 3.25. The number of anilines is 1. The van der Waals surface area contributed by atoms with Gasteiger partial charge in [0.15, 0.2) is 0 Å². The van der Waals surface area contributed by atoms with Crippen LogP contribution in [0.4, 0.5) is 5.69 Å². The van der Waals surface area contributed by atoms with Gasteiger partial charge in [-0.3, -0.25) is 4.79 Å². The zero-order valence-corrected chi connectivity index (χ0v) is 9.64. The molecule has 82 valence electrons. The van der Waals surface area contributed by atoms with Gasteiger partial charge in [0.1, 0.15) is 0 Å². The van der Waals surface area contributed by atoms with E-state index in [9.17, 15) is 4.79 Å². The van der Waals surface area contributed by atoms with Crippen LogP contribution < -0.4 is 11.1 Å². The molecular weight excluding hydrogens is 208 g/mol. The molecular formula is C11H16N2OS. The normalized spacial score (nSPS) is 9.93. The van der Waals surface area contributed by atoms with Crippen molar-refractivity contribution in [2.45, 2.75) is 6.42 Å². The molecule has 1 aromatic rings. The van der Waals surface area contributed by atoms with Crippen molar-refractivity contribution < 1.29 is 4.79 Å². The predicted octanol–water partition coefficient (Wildman–Crippen LogP) is 1.95. The molecule has 3 nitrogen and oxygen atoms in total. The summed E-state index contributed by atoms with van der Waals surface area (Å²) in [6, 6.07) is 7.26. The number of amides is 1. The van der Waals surface area contributed by atoms with E-state index in [1.807, 2.05) is 23.9 Å². The molecule has 0 saturated carbocycles. The molecule has 1 aromatic carbocycles. The number of benzene rings is 1. The molecule has 1 rings (SSSR count). The number of thioether (sulfide) groups is 1. The van der Waals surface area contributed by atoms with Crippen LogP contribution in [0.15, 0.2) is 24.3 Å². The fraction of sp³-hybridized carbons (Fsp3) is 0.364. The van der Waals surface area contributed by atoms with Crippen LogP contribution in [0.25, 0.3) is 0 Å². The van der Waals surface area contributed by atoms with E-state index in [0.29, 0.717) is 5.56 Å². The lowest BCUT2D eigenvalue weighted by Crippen LogP contribution is -2.11. The minimum Gasteiger partial charge on any atom is -0.385 e. The van der Waals surface area contributed by atoms with Crippen LogP contribution in [0.1, 0.15) is 16.8 Å². The highest BCUT2D eigenvalue weighted by Gasteiger charge is 2.00. The van der Waals surface area contributed by atoms with E-state index in [-0.39, 0.29) is 5.91 Å². The third-order valence-corrected chi connectivity index (χ3v) is 2.70. The molecule has 0 spiro atoms. The van der Waals surface area contributed by atoms with E-state index in [1.54, 1.807) is 12.1 Å². The number of hydrogen-bond acceptors (Lipinski definition) is 3. The van der Waals surface area contributed by atoms with Crippen molar-refractivity contribution in [2.24, 2.45) is 5.73 Å². The first-order valence-corrected chi connectivity index (χ1v) is 6.26. The summed E-state index contributed by atoms with van der Waals surface area (Å²) in [5.41, 5.74) is 6.69. The van der Waals surface area contributed by atoms with Crippen molar-refractivity contribution in [3.63, 3.8) is 0 Å². The van der Waals surface area contributed by atoms with Gasteiger partial charge in [0, 0.05) is 17.8 Å². The molecule has 0 atom stereocenters. The number of rotatable bonds is 6. The maximum absolute atomic E-state index is 10.9. The summed E-state index contributed by atoms with van der Waals surface area (Å²) in [6.45, 7) is 0.920. The first kappa shape index (κ1) is 11.9. The monoisotopic (exact) mass is 224 g/mol. The largest absolute Gasteiger partial charge is 0.385 e. The smallest absolute Gasteiger partial charge is 0.248 e. The fourth-order valence-electron chi connectivity index (χ4n) is 1.23. The minimum absolute atomic E-state index is 0.386. The topological polar surface area (TPSA) is 55.1 Å². The average Bonchev–Trinajstić information content (AvgIpc) is 2.25. The van der Waals surface area contributed by atoms with Gasteiger partial charge in [-0.2, -0.15) is 11.8 Å². The van der Waals surface area contributed by atoms with E-state index < -0.39 is 0 Å². The second-order valence-corrected chi connectivity index (χ2v) is 4.20. The Balaban J connectivity index is 2.47. The van der Waals surface area contributed by atoms with Gasteiger partial charge in [-0.05, 0) is 36.6 Å². The second kappa shape index (κ2) is 6.35. The van der Waals surface area contributed by atoms with Crippen LogP contribution in [-0.4, -0.2) is 24.5 Å². The van der Waals surface area contributed by atoms with Crippen LogP contribution in [0.3, 0.4) is 0 Å². The molecule has 0 aliphatic heterocycles. The molecule has 15 heavy (non-hydrogen) atoms. The third-order valence-electron chi connectivity index (χ3n) is 2.00. The maximum Gasteiger partial charge on any atom is 0.248 e. The quantitative estimate of drug-likeness (QED) is 0.726. The molecule has 0 unspecified atom stereocenters. The highest BCUT2D eigenvalue weighted by molar-refractivity contribution is 7.98. The summed E-state index contributed by atoms with van der Waals surface area (Å²) >= 11 is 1.83. The SMILES string of the molecule is CSCCCNc1cccc(C(N)=O)c1. The molecule has 0 fully saturated rings. The number of carbonyl (C=O) groups is 1. The van der Waals surface area contributed by atoms with Crippen molar-refractivity contribution in [3.05, 3.63) is 29.8 Å². The van der Waals surface area contributed by atoms with Gasteiger partial charge in [-0.25, -0.2) is 0 Å². The van der Waals surface area contributed by atoms with Gasteiger partial charge in [-0.1, -0.05) is 6.07 Å². The molecule has 0 aliphatic rings. The van der Waals surface area contributed by atoms with Crippen molar-refractivity contribution in [1.29, 1.82) is 0 Å². The lowest BCUT2D eigenvalue weighted by molar-refractivity contribution is 0.100. The van der Waals surface area contributed by atoms with Gasteiger partial charge in [0.05, 0.1) is 0 Å². The van der Waals surface area contributed by atoms with Crippen LogP contribution in [0, 0.1) is 0 Å². The van der Waals surface area contributed by atoms with E-state index in [4.69, 9.17) is 5.73 Å². The molecule has 0 heterocycles. The minimum atomic E-state index is -0.386. The zero-order valence-electron chi connectivity index (χ0n) is 8.82. The van der Waals surface area contributed by atoms with Gasteiger partial charge in [-0.15, -0.1) is 0 Å². The number of carbonyl (C=O) groups excluding carboxylic acids is 1. The van der Waals surface area contributed by atoms with Gasteiger partial charge in [0.2, 0.25) is 5.91 Å². The van der Waals surface area contributed by atoms with Crippen LogP contribution >= 0.6 is 11.8 Å². The van der Waals surface area contributed by atoms with Gasteiger partial charge >= 0.3 is 0 Å². The van der Waals surface area contributed by atoms with Crippen molar-refractivity contribution in [2.75, 3.05) is 23.9 Å². The summed E-state index contributed by atoms with van der Waals surface area (Å²) in [7, 11) is 0. The Morgan fingerprint density at radius 3 is 3.00 bits per heavy atom. The molecule has 1 amide bonds. The highest BCUT2D eigenvalue weighted by atomic mass is 32.2. The second-order valence-electron chi connectivity index (χ2n) is 3.22. The molecule has 4 heteroatoms. The molecule has 0 aliphatic carbocycles. The Hall–Kier alpha value is -1.16. The van der Waals surface area contributed by atoms with Gasteiger partial charge < -0.3 is 11.1 Å². The number of hydrogen-bond donors (Lipinski definition) is 2. The third kappa shape index (κ3) is 4.25. The van der Waals surface area contributed by atoms with E-state index in [0.717, 1.165) is 24.4 Å². The standard InChI is InChI=1S/C11H16N2OS/c1-15-7-3-6-13-10-5-2-4-9(8-10)11(12)14/h2,4-5,8,13H,3,6-7H2,1H3,(H2,12,14). The lowest BCUT2D eigenvalue weighted by Gasteiger charge is -2.06. The highest BCUT2D eigenvalue weighted by Crippen LogP contribution is 2.10. The van der Waals surface area contributed by atoms with Crippen LogP contribution in [0.2, 0.25) is 0 Å². The Labute approximate surface area is 94.4 Å². The van der Waals surface area contributed by atoms with Crippen molar-refractivity contribution >= 4 is 23.4 Å². The summed E-state index contributed by atoms with van der Waals surface area (Å²) < 4.78 is 0. The summed E-state index contributed by atoms with van der Waals surface area (Å²) in [6.07, 6.45) is 3.20. The Morgan fingerprint density at radius 1 is 1.53 bits per heavy atom. The van der Waals surface area contributed by atoms with Gasteiger partial charge in [0.25, 0.3) is 0 Å². The molecule has 0 saturated heterocycles. The fourth-order valence-corrected chi connectivity index (χ4v) is 1.66. The first-order chi connectivity index (χ1) is 7.24.